The summed E-state index contributed by atoms with van der Waals surface area (Å²) < 4.78 is 20.3. The Balaban J connectivity index is 4.22. The van der Waals surface area contributed by atoms with E-state index in [1.807, 2.05) is 0 Å². The monoisotopic (exact) mass is 651 g/mol. The van der Waals surface area contributed by atoms with Gasteiger partial charge in [-0.2, -0.15) is 0 Å². The van der Waals surface area contributed by atoms with Crippen molar-refractivity contribution < 1.29 is 67.8 Å². The third-order valence-corrected chi connectivity index (χ3v) is 5.76. The molecule has 19 heteroatoms. The molecule has 0 radical (unpaired) electrons. The molecule has 0 saturated carbocycles. The Hall–Kier alpha value is -3.91. The fourth-order valence-corrected chi connectivity index (χ4v) is 3.31. The van der Waals surface area contributed by atoms with Crippen LogP contribution in [0.15, 0.2) is 0 Å². The minimum atomic E-state index is -1.45. The molecule has 0 rings (SSSR count). The zero-order chi connectivity index (χ0) is 34.0. The van der Waals surface area contributed by atoms with Gasteiger partial charge in [-0.05, 0) is 19.3 Å². The smallest absolute Gasteiger partial charge is 0.326 e. The lowest BCUT2D eigenvalue weighted by molar-refractivity contribution is -0.144. The van der Waals surface area contributed by atoms with Gasteiger partial charge >= 0.3 is 17.9 Å². The van der Waals surface area contributed by atoms with Gasteiger partial charge in [0.05, 0.1) is 39.6 Å². The average Bonchev–Trinajstić information content (AvgIpc) is 2.98. The number of nitrogens with two attached hydrogens (primary N) is 1. The molecule has 4 amide bonds. The van der Waals surface area contributed by atoms with E-state index < -0.39 is 66.8 Å². The molecule has 0 saturated heterocycles. The summed E-state index contributed by atoms with van der Waals surface area (Å²) in [6.45, 7) is 1.04. The summed E-state index contributed by atoms with van der Waals surface area (Å²) in [6, 6.07) is -3.95. The number of hydrogen-bond acceptors (Lipinski definition) is 12. The standard InChI is InChI=1S/C26H45N5O14/c1-42-12-13-43-10-8-29-21(33)6-3-18(25(38)39)30-22(34)7-4-19(26(40)41)31-23(35)16-45-15-14-44-11-9-28-20(32)5-2-17(27)24(36)37/h17-19H,2-16,27H2,1H3,(H,28,32)(H,29,33)(H,30,34)(H,31,35)(H,36,37)(H,38,39)(H,40,41). The van der Waals surface area contributed by atoms with Crippen LogP contribution in [0.1, 0.15) is 38.5 Å². The molecule has 0 bridgehead atoms. The Morgan fingerprint density at radius 3 is 1.51 bits per heavy atom. The quantitative estimate of drug-likeness (QED) is 0.0387. The maximum Gasteiger partial charge on any atom is 0.326 e. The SMILES string of the molecule is COCCOCCNC(=O)CCC(NC(=O)CCC(NC(=O)COCCOCCNC(=O)CCC(N)C(=O)O)C(=O)O)C(=O)O. The molecule has 3 unspecified atom stereocenters. The van der Waals surface area contributed by atoms with Crippen LogP contribution in [0.25, 0.3) is 0 Å². The van der Waals surface area contributed by atoms with E-state index in [0.717, 1.165) is 0 Å². The van der Waals surface area contributed by atoms with Gasteiger partial charge in [0.15, 0.2) is 0 Å². The van der Waals surface area contributed by atoms with Crippen LogP contribution in [0.4, 0.5) is 0 Å². The molecule has 0 spiro atoms. The largest absolute Gasteiger partial charge is 0.480 e. The van der Waals surface area contributed by atoms with Gasteiger partial charge in [0, 0.05) is 39.5 Å². The third kappa shape index (κ3) is 23.2. The molecule has 0 aliphatic rings. The van der Waals surface area contributed by atoms with Gasteiger partial charge < -0.3 is 61.3 Å². The minimum absolute atomic E-state index is 0.00558. The van der Waals surface area contributed by atoms with Crippen molar-refractivity contribution in [2.24, 2.45) is 5.73 Å². The van der Waals surface area contributed by atoms with Gasteiger partial charge in [0.2, 0.25) is 23.6 Å². The number of hydrogen-bond donors (Lipinski definition) is 8. The summed E-state index contributed by atoms with van der Waals surface area (Å²) in [7, 11) is 1.52. The van der Waals surface area contributed by atoms with Crippen LogP contribution in [0.3, 0.4) is 0 Å². The Bertz CT molecular complexity index is 951. The number of nitrogens with one attached hydrogen (secondary N) is 4. The van der Waals surface area contributed by atoms with Gasteiger partial charge in [-0.1, -0.05) is 0 Å². The number of methoxy groups -OCH3 is 1. The summed E-state index contributed by atoms with van der Waals surface area (Å²) in [5.41, 5.74) is 5.32. The number of carboxylic acids is 3. The second-order valence-electron chi connectivity index (χ2n) is 9.45. The van der Waals surface area contributed by atoms with Crippen LogP contribution < -0.4 is 27.0 Å². The zero-order valence-corrected chi connectivity index (χ0v) is 25.2. The average molecular weight is 652 g/mol. The highest BCUT2D eigenvalue weighted by molar-refractivity contribution is 5.86. The first-order valence-electron chi connectivity index (χ1n) is 14.2. The maximum atomic E-state index is 12.3. The van der Waals surface area contributed by atoms with Gasteiger partial charge in [0.1, 0.15) is 24.7 Å². The number of amides is 4. The van der Waals surface area contributed by atoms with E-state index in [1.54, 1.807) is 0 Å². The van der Waals surface area contributed by atoms with E-state index in [-0.39, 0.29) is 77.5 Å². The van der Waals surface area contributed by atoms with Crippen molar-refractivity contribution in [3.63, 3.8) is 0 Å². The lowest BCUT2D eigenvalue weighted by Crippen LogP contribution is -2.45. The molecule has 0 aromatic heterocycles. The number of carboxylic acid groups (broad SMARTS) is 3. The van der Waals surface area contributed by atoms with Gasteiger partial charge in [-0.15, -0.1) is 0 Å². The number of carbonyl (C=O) groups is 7. The molecular formula is C26H45N5O14. The van der Waals surface area contributed by atoms with E-state index in [9.17, 15) is 43.8 Å². The van der Waals surface area contributed by atoms with Crippen LogP contribution in [-0.4, -0.2) is 141 Å². The second-order valence-corrected chi connectivity index (χ2v) is 9.45. The van der Waals surface area contributed by atoms with Crippen molar-refractivity contribution in [2.45, 2.75) is 56.7 Å². The van der Waals surface area contributed by atoms with E-state index in [4.69, 9.17) is 29.8 Å². The lowest BCUT2D eigenvalue weighted by Gasteiger charge is -2.17. The van der Waals surface area contributed by atoms with Crippen LogP contribution in [-0.2, 0) is 52.5 Å². The van der Waals surface area contributed by atoms with Gasteiger partial charge in [-0.3, -0.25) is 24.0 Å². The van der Waals surface area contributed by atoms with Crippen LogP contribution >= 0.6 is 0 Å². The molecule has 0 aromatic rings. The maximum absolute atomic E-state index is 12.3. The Labute approximate surface area is 259 Å². The van der Waals surface area contributed by atoms with E-state index in [1.165, 1.54) is 7.11 Å². The minimum Gasteiger partial charge on any atom is -0.480 e. The second kappa shape index (κ2) is 25.4. The lowest BCUT2D eigenvalue weighted by atomic mass is 10.1. The molecule has 0 fully saturated rings. The Kier molecular flexibility index (Phi) is 23.2. The van der Waals surface area contributed by atoms with Crippen molar-refractivity contribution in [1.29, 1.82) is 0 Å². The van der Waals surface area contributed by atoms with Gasteiger partial charge in [0.25, 0.3) is 0 Å². The predicted molar refractivity (Wildman–Crippen MR) is 153 cm³/mol. The molecule has 0 aliphatic heterocycles. The highest BCUT2D eigenvalue weighted by Gasteiger charge is 2.24. The molecule has 0 heterocycles. The van der Waals surface area contributed by atoms with Crippen molar-refractivity contribution in [1.82, 2.24) is 21.3 Å². The van der Waals surface area contributed by atoms with Crippen LogP contribution in [0.2, 0.25) is 0 Å². The van der Waals surface area contributed by atoms with Crippen LogP contribution in [0.5, 0.6) is 0 Å². The molecule has 0 aliphatic carbocycles. The normalized spacial score (nSPS) is 12.8. The van der Waals surface area contributed by atoms with E-state index in [0.29, 0.717) is 13.2 Å². The first-order valence-corrected chi connectivity index (χ1v) is 14.2. The van der Waals surface area contributed by atoms with Crippen molar-refractivity contribution >= 4 is 41.5 Å². The topological polar surface area (TPSA) is 291 Å². The van der Waals surface area contributed by atoms with E-state index >= 15 is 0 Å². The summed E-state index contributed by atoms with van der Waals surface area (Å²) in [5, 5.41) is 36.9. The highest BCUT2D eigenvalue weighted by atomic mass is 16.5. The van der Waals surface area contributed by atoms with Crippen molar-refractivity contribution in [2.75, 3.05) is 66.4 Å². The first-order chi connectivity index (χ1) is 21.4. The number of carbonyl (C=O) groups excluding carboxylic acids is 4. The Morgan fingerprint density at radius 2 is 1.02 bits per heavy atom. The first kappa shape index (κ1) is 41.1. The van der Waals surface area contributed by atoms with Crippen LogP contribution in [0, 0.1) is 0 Å². The summed E-state index contributed by atoms with van der Waals surface area (Å²) >= 11 is 0. The van der Waals surface area contributed by atoms with Crippen molar-refractivity contribution in [3.8, 4) is 0 Å². The molecule has 0 aromatic carbocycles. The molecule has 258 valence electrons. The third-order valence-electron chi connectivity index (χ3n) is 5.76. The predicted octanol–water partition coefficient (Wildman–Crippen LogP) is -3.19. The summed E-state index contributed by atoms with van der Waals surface area (Å²) in [4.78, 5) is 81.5. The molecule has 19 nitrogen and oxygen atoms in total. The highest BCUT2D eigenvalue weighted by Crippen LogP contribution is 2.03. The molecule has 45 heavy (non-hydrogen) atoms. The number of rotatable bonds is 28. The fourth-order valence-electron chi connectivity index (χ4n) is 3.31. The summed E-state index contributed by atoms with van der Waals surface area (Å²) in [5.74, 6) is -6.34. The Morgan fingerprint density at radius 1 is 0.578 bits per heavy atom. The van der Waals surface area contributed by atoms with Gasteiger partial charge in [-0.25, -0.2) is 9.59 Å². The number of aliphatic carboxylic acids is 3. The summed E-state index contributed by atoms with van der Waals surface area (Å²) in [6.07, 6.45) is -1.19. The molecule has 9 N–H and O–H groups in total. The zero-order valence-electron chi connectivity index (χ0n) is 25.2. The fraction of sp³-hybridized carbons (Fsp3) is 0.731. The van der Waals surface area contributed by atoms with E-state index in [2.05, 4.69) is 21.3 Å². The van der Waals surface area contributed by atoms with Crippen molar-refractivity contribution in [3.05, 3.63) is 0 Å². The molecule has 3 atom stereocenters. The number of ether oxygens (including phenoxy) is 4. The molecular weight excluding hydrogens is 606 g/mol.